The smallest absolute Gasteiger partial charge is 0.126 e. The Morgan fingerprint density at radius 2 is 2.07 bits per heavy atom. The van der Waals surface area contributed by atoms with Crippen LogP contribution in [-0.2, 0) is 6.42 Å². The van der Waals surface area contributed by atoms with Crippen LogP contribution < -0.4 is 5.73 Å². The van der Waals surface area contributed by atoms with Crippen molar-refractivity contribution in [1.82, 2.24) is 0 Å². The second-order valence-electron chi connectivity index (χ2n) is 4.22. The lowest BCUT2D eigenvalue weighted by atomic mass is 9.96. The van der Waals surface area contributed by atoms with Crippen molar-refractivity contribution in [2.24, 2.45) is 5.73 Å². The van der Waals surface area contributed by atoms with Gasteiger partial charge in [-0.05, 0) is 50.5 Å². The van der Waals surface area contributed by atoms with E-state index >= 15 is 0 Å². The van der Waals surface area contributed by atoms with Gasteiger partial charge in [0.2, 0.25) is 0 Å². The van der Waals surface area contributed by atoms with Gasteiger partial charge in [0.15, 0.2) is 0 Å². The third-order valence-electron chi connectivity index (χ3n) is 2.05. The van der Waals surface area contributed by atoms with E-state index in [0.29, 0.717) is 17.0 Å². The molecule has 1 aromatic rings. The molecular formula is C11H15ClFN. The van der Waals surface area contributed by atoms with Crippen LogP contribution in [0.1, 0.15) is 25.8 Å². The van der Waals surface area contributed by atoms with Gasteiger partial charge in [-0.3, -0.25) is 0 Å². The van der Waals surface area contributed by atoms with Gasteiger partial charge in [0.1, 0.15) is 5.82 Å². The lowest BCUT2D eigenvalue weighted by Crippen LogP contribution is -2.32. The first kappa shape index (κ1) is 11.5. The standard InChI is InChI=1S/C11H15ClFN/c1-11(2,14)6-5-8-7-9(12)3-4-10(8)13/h3-4,7H,5-6,14H2,1-2H3. The number of halogens is 2. The van der Waals surface area contributed by atoms with E-state index in [1.165, 1.54) is 6.07 Å². The van der Waals surface area contributed by atoms with Crippen molar-refractivity contribution < 1.29 is 4.39 Å². The summed E-state index contributed by atoms with van der Waals surface area (Å²) in [6, 6.07) is 4.60. The number of aryl methyl sites for hydroxylation is 1. The first-order valence-electron chi connectivity index (χ1n) is 4.61. The molecule has 0 saturated heterocycles. The maximum absolute atomic E-state index is 13.2. The predicted octanol–water partition coefficient (Wildman–Crippen LogP) is 3.15. The van der Waals surface area contributed by atoms with E-state index in [0.717, 1.165) is 6.42 Å². The van der Waals surface area contributed by atoms with Crippen LogP contribution in [0, 0.1) is 5.82 Å². The van der Waals surface area contributed by atoms with Crippen LogP contribution in [0.4, 0.5) is 4.39 Å². The summed E-state index contributed by atoms with van der Waals surface area (Å²) in [4.78, 5) is 0. The highest BCUT2D eigenvalue weighted by Gasteiger charge is 2.12. The van der Waals surface area contributed by atoms with Crippen molar-refractivity contribution in [3.63, 3.8) is 0 Å². The van der Waals surface area contributed by atoms with Crippen LogP contribution in [0.5, 0.6) is 0 Å². The molecule has 0 spiro atoms. The Balaban J connectivity index is 2.72. The molecule has 2 N–H and O–H groups in total. The van der Waals surface area contributed by atoms with Crippen LogP contribution >= 0.6 is 11.6 Å². The summed E-state index contributed by atoms with van der Waals surface area (Å²) < 4.78 is 13.2. The molecule has 0 aliphatic rings. The number of rotatable bonds is 3. The summed E-state index contributed by atoms with van der Waals surface area (Å²) >= 11 is 5.77. The van der Waals surface area contributed by atoms with Crippen molar-refractivity contribution in [3.8, 4) is 0 Å². The number of hydrogen-bond acceptors (Lipinski definition) is 1. The van der Waals surface area contributed by atoms with E-state index in [1.807, 2.05) is 13.8 Å². The van der Waals surface area contributed by atoms with Crippen molar-refractivity contribution in [1.29, 1.82) is 0 Å². The zero-order valence-corrected chi connectivity index (χ0v) is 9.24. The molecular weight excluding hydrogens is 201 g/mol. The van der Waals surface area contributed by atoms with E-state index in [2.05, 4.69) is 0 Å². The number of benzene rings is 1. The van der Waals surface area contributed by atoms with Crippen LogP contribution in [0.25, 0.3) is 0 Å². The Hall–Kier alpha value is -0.600. The molecule has 0 saturated carbocycles. The molecule has 0 atom stereocenters. The van der Waals surface area contributed by atoms with Gasteiger partial charge in [-0.15, -0.1) is 0 Å². The van der Waals surface area contributed by atoms with E-state index in [1.54, 1.807) is 12.1 Å². The molecule has 1 aromatic carbocycles. The number of nitrogens with two attached hydrogens (primary N) is 1. The van der Waals surface area contributed by atoms with Crippen LogP contribution in [0.2, 0.25) is 5.02 Å². The van der Waals surface area contributed by atoms with Crippen LogP contribution in [0.15, 0.2) is 18.2 Å². The average Bonchev–Trinajstić information content (AvgIpc) is 2.05. The Labute approximate surface area is 89.1 Å². The zero-order chi connectivity index (χ0) is 10.8. The molecule has 78 valence electrons. The monoisotopic (exact) mass is 215 g/mol. The summed E-state index contributed by atoms with van der Waals surface area (Å²) in [7, 11) is 0. The fourth-order valence-electron chi connectivity index (χ4n) is 1.19. The molecule has 1 nitrogen and oxygen atoms in total. The second kappa shape index (κ2) is 4.28. The summed E-state index contributed by atoms with van der Waals surface area (Å²) in [5.74, 6) is -0.210. The molecule has 0 radical (unpaired) electrons. The minimum absolute atomic E-state index is 0.210. The summed E-state index contributed by atoms with van der Waals surface area (Å²) in [6.45, 7) is 3.85. The van der Waals surface area contributed by atoms with Crippen LogP contribution in [-0.4, -0.2) is 5.54 Å². The SMILES string of the molecule is CC(C)(N)CCc1cc(Cl)ccc1F. The topological polar surface area (TPSA) is 26.0 Å². The first-order valence-corrected chi connectivity index (χ1v) is 4.99. The highest BCUT2D eigenvalue weighted by molar-refractivity contribution is 6.30. The Morgan fingerprint density at radius 1 is 1.43 bits per heavy atom. The van der Waals surface area contributed by atoms with E-state index < -0.39 is 0 Å². The fourth-order valence-corrected chi connectivity index (χ4v) is 1.39. The van der Waals surface area contributed by atoms with Crippen molar-refractivity contribution in [2.45, 2.75) is 32.2 Å². The van der Waals surface area contributed by atoms with Gasteiger partial charge in [-0.2, -0.15) is 0 Å². The highest BCUT2D eigenvalue weighted by atomic mass is 35.5. The fraction of sp³-hybridized carbons (Fsp3) is 0.455. The molecule has 0 aliphatic heterocycles. The third kappa shape index (κ3) is 3.64. The van der Waals surface area contributed by atoms with Crippen molar-refractivity contribution in [2.75, 3.05) is 0 Å². The lowest BCUT2D eigenvalue weighted by Gasteiger charge is -2.18. The van der Waals surface area contributed by atoms with E-state index in [-0.39, 0.29) is 11.4 Å². The molecule has 0 bridgehead atoms. The van der Waals surface area contributed by atoms with Gasteiger partial charge >= 0.3 is 0 Å². The highest BCUT2D eigenvalue weighted by Crippen LogP contribution is 2.18. The molecule has 0 amide bonds. The summed E-state index contributed by atoms with van der Waals surface area (Å²) in [6.07, 6.45) is 1.36. The minimum Gasteiger partial charge on any atom is -0.326 e. The zero-order valence-electron chi connectivity index (χ0n) is 8.48. The molecule has 3 heteroatoms. The average molecular weight is 216 g/mol. The van der Waals surface area contributed by atoms with Gasteiger partial charge in [-0.1, -0.05) is 11.6 Å². The molecule has 0 unspecified atom stereocenters. The quantitative estimate of drug-likeness (QED) is 0.824. The van der Waals surface area contributed by atoms with Crippen molar-refractivity contribution >= 4 is 11.6 Å². The molecule has 0 fully saturated rings. The second-order valence-corrected chi connectivity index (χ2v) is 4.66. The Morgan fingerprint density at radius 3 is 2.64 bits per heavy atom. The predicted molar refractivity (Wildman–Crippen MR) is 58.0 cm³/mol. The normalized spacial score (nSPS) is 11.8. The summed E-state index contributed by atoms with van der Waals surface area (Å²) in [5, 5.41) is 0.566. The largest absolute Gasteiger partial charge is 0.326 e. The third-order valence-corrected chi connectivity index (χ3v) is 2.28. The molecule has 1 rings (SSSR count). The van der Waals surface area contributed by atoms with E-state index in [9.17, 15) is 4.39 Å². The van der Waals surface area contributed by atoms with Gasteiger partial charge in [0.25, 0.3) is 0 Å². The number of hydrogen-bond donors (Lipinski definition) is 1. The molecule has 0 heterocycles. The van der Waals surface area contributed by atoms with Gasteiger partial charge in [0, 0.05) is 10.6 Å². The molecule has 14 heavy (non-hydrogen) atoms. The van der Waals surface area contributed by atoms with Gasteiger partial charge < -0.3 is 5.73 Å². The van der Waals surface area contributed by atoms with Gasteiger partial charge in [-0.25, -0.2) is 4.39 Å². The molecule has 0 aromatic heterocycles. The minimum atomic E-state index is -0.269. The Bertz CT molecular complexity index is 318. The maximum atomic E-state index is 13.2. The van der Waals surface area contributed by atoms with E-state index in [4.69, 9.17) is 17.3 Å². The molecule has 0 aliphatic carbocycles. The van der Waals surface area contributed by atoms with Crippen LogP contribution in [0.3, 0.4) is 0 Å². The van der Waals surface area contributed by atoms with Gasteiger partial charge in [0.05, 0.1) is 0 Å². The Kier molecular flexibility index (Phi) is 3.51. The first-order chi connectivity index (χ1) is 6.38. The maximum Gasteiger partial charge on any atom is 0.126 e. The summed E-state index contributed by atoms with van der Waals surface area (Å²) in [5.41, 5.74) is 6.18. The van der Waals surface area contributed by atoms with Crippen molar-refractivity contribution in [3.05, 3.63) is 34.6 Å². The lowest BCUT2D eigenvalue weighted by molar-refractivity contribution is 0.470.